The molecule has 4 nitrogen and oxygen atoms in total. The highest BCUT2D eigenvalue weighted by Crippen LogP contribution is 2.26. The van der Waals surface area contributed by atoms with E-state index >= 15 is 0 Å². The zero-order chi connectivity index (χ0) is 17.6. The lowest BCUT2D eigenvalue weighted by molar-refractivity contribution is -0.123. The van der Waals surface area contributed by atoms with E-state index in [1.54, 1.807) is 4.90 Å². The molecule has 25 heavy (non-hydrogen) atoms. The smallest absolute Gasteiger partial charge is 0.240 e. The molecule has 0 saturated carbocycles. The molecule has 0 aliphatic carbocycles. The molecule has 0 spiro atoms. The number of fused-ring (bicyclic) bond motifs is 1. The van der Waals surface area contributed by atoms with Crippen molar-refractivity contribution < 1.29 is 9.59 Å². The first-order chi connectivity index (χ1) is 12.1. The normalized spacial score (nSPS) is 15.2. The summed E-state index contributed by atoms with van der Waals surface area (Å²) in [6.07, 6.45) is 2.20. The number of aryl methyl sites for hydroxylation is 1. The Balaban J connectivity index is 1.63. The van der Waals surface area contributed by atoms with E-state index in [0.29, 0.717) is 13.0 Å². The first-order valence-corrected chi connectivity index (χ1v) is 8.85. The van der Waals surface area contributed by atoms with E-state index in [1.807, 2.05) is 42.5 Å². The van der Waals surface area contributed by atoms with Gasteiger partial charge in [0.15, 0.2) is 0 Å². The third kappa shape index (κ3) is 4.27. The van der Waals surface area contributed by atoms with Gasteiger partial charge in [0.05, 0.1) is 0 Å². The second kappa shape index (κ2) is 7.97. The van der Waals surface area contributed by atoms with Crippen LogP contribution in [0.5, 0.6) is 0 Å². The van der Waals surface area contributed by atoms with Crippen molar-refractivity contribution in [2.45, 2.75) is 32.1 Å². The van der Waals surface area contributed by atoms with Crippen molar-refractivity contribution in [1.29, 1.82) is 0 Å². The molecule has 2 amide bonds. The van der Waals surface area contributed by atoms with Crippen molar-refractivity contribution >= 4 is 17.5 Å². The van der Waals surface area contributed by atoms with Crippen molar-refractivity contribution in [3.63, 3.8) is 0 Å². The molecular formula is C21H24N2O2. The second-order valence-electron chi connectivity index (χ2n) is 6.58. The maximum atomic E-state index is 12.4. The largest absolute Gasteiger partial charge is 0.354 e. The van der Waals surface area contributed by atoms with Gasteiger partial charge in [0.2, 0.25) is 11.8 Å². The second-order valence-corrected chi connectivity index (χ2v) is 6.58. The lowest BCUT2D eigenvalue weighted by Gasteiger charge is -2.23. The highest BCUT2D eigenvalue weighted by molar-refractivity contribution is 5.99. The van der Waals surface area contributed by atoms with Gasteiger partial charge in [-0.2, -0.15) is 0 Å². The van der Waals surface area contributed by atoms with Crippen molar-refractivity contribution in [1.82, 2.24) is 5.32 Å². The molecule has 0 fully saturated rings. The minimum atomic E-state index is -0.118. The third-order valence-corrected chi connectivity index (χ3v) is 4.70. The molecule has 0 radical (unpaired) electrons. The number of carbonyl (C=O) groups excluding carboxylic acids is 2. The van der Waals surface area contributed by atoms with Gasteiger partial charge >= 0.3 is 0 Å². The van der Waals surface area contributed by atoms with Crippen LogP contribution in [0.2, 0.25) is 0 Å². The summed E-state index contributed by atoms with van der Waals surface area (Å²) in [7, 11) is 0. The average molecular weight is 336 g/mol. The summed E-state index contributed by atoms with van der Waals surface area (Å²) in [5, 5.41) is 2.97. The van der Waals surface area contributed by atoms with Crippen molar-refractivity contribution in [2.24, 2.45) is 0 Å². The molecule has 1 unspecified atom stereocenters. The summed E-state index contributed by atoms with van der Waals surface area (Å²) in [5.41, 5.74) is 3.20. The van der Waals surface area contributed by atoms with Gasteiger partial charge < -0.3 is 10.2 Å². The Morgan fingerprint density at radius 2 is 1.80 bits per heavy atom. The lowest BCUT2D eigenvalue weighted by Crippen LogP contribution is -2.41. The van der Waals surface area contributed by atoms with Crippen LogP contribution in [0.1, 0.15) is 36.8 Å². The summed E-state index contributed by atoms with van der Waals surface area (Å²) in [6.45, 7) is 2.73. The molecule has 0 saturated heterocycles. The molecule has 1 aliphatic heterocycles. The summed E-state index contributed by atoms with van der Waals surface area (Å²) in [4.78, 5) is 26.5. The van der Waals surface area contributed by atoms with Crippen molar-refractivity contribution in [3.05, 3.63) is 65.7 Å². The summed E-state index contributed by atoms with van der Waals surface area (Å²) < 4.78 is 0. The van der Waals surface area contributed by atoms with Gasteiger partial charge in [0.25, 0.3) is 0 Å². The van der Waals surface area contributed by atoms with Crippen LogP contribution in [0.25, 0.3) is 0 Å². The van der Waals surface area contributed by atoms with Crippen LogP contribution in [0.15, 0.2) is 54.6 Å². The van der Waals surface area contributed by atoms with Gasteiger partial charge in [-0.1, -0.05) is 55.5 Å². The highest BCUT2D eigenvalue weighted by Gasteiger charge is 2.24. The number of hydrogen-bond donors (Lipinski definition) is 1. The summed E-state index contributed by atoms with van der Waals surface area (Å²) in [6, 6.07) is 18.0. The Morgan fingerprint density at radius 1 is 1.08 bits per heavy atom. The first kappa shape index (κ1) is 17.2. The van der Waals surface area contributed by atoms with Gasteiger partial charge in [-0.3, -0.25) is 9.59 Å². The molecule has 2 aromatic rings. The number of rotatable bonds is 5. The fraction of sp³-hybridized carbons (Fsp3) is 0.333. The Kier molecular flexibility index (Phi) is 5.49. The summed E-state index contributed by atoms with van der Waals surface area (Å²) in [5.74, 6) is 0.140. The van der Waals surface area contributed by atoms with E-state index in [2.05, 4.69) is 24.4 Å². The Labute approximate surface area is 148 Å². The Hall–Kier alpha value is -2.62. The predicted molar refractivity (Wildman–Crippen MR) is 99.6 cm³/mol. The molecule has 1 N–H and O–H groups in total. The number of anilines is 1. The molecule has 0 aromatic heterocycles. The van der Waals surface area contributed by atoms with Gasteiger partial charge in [-0.25, -0.2) is 0 Å². The maximum absolute atomic E-state index is 12.4. The molecule has 2 aromatic carbocycles. The van der Waals surface area contributed by atoms with Gasteiger partial charge in [-0.05, 0) is 36.0 Å². The predicted octanol–water partition coefficient (Wildman–Crippen LogP) is 3.28. The number of nitrogens with one attached hydrogen (secondary N) is 1. The summed E-state index contributed by atoms with van der Waals surface area (Å²) >= 11 is 0. The van der Waals surface area contributed by atoms with E-state index in [0.717, 1.165) is 24.1 Å². The number of nitrogens with zero attached hydrogens (tertiary/aromatic N) is 1. The molecular weight excluding hydrogens is 312 g/mol. The average Bonchev–Trinajstić information content (AvgIpc) is 2.80. The minimum Gasteiger partial charge on any atom is -0.354 e. The van der Waals surface area contributed by atoms with E-state index in [4.69, 9.17) is 0 Å². The fourth-order valence-corrected chi connectivity index (χ4v) is 3.22. The highest BCUT2D eigenvalue weighted by atomic mass is 16.2. The standard InChI is InChI=1S/C21H24N2O2/c1-16(17-8-3-2-4-9-17)14-22-20(24)15-23-19-12-6-5-10-18(19)11-7-13-21(23)25/h2-6,8-10,12,16H,7,11,13-15H2,1H3,(H,22,24). The maximum Gasteiger partial charge on any atom is 0.240 e. The number of hydrogen-bond acceptors (Lipinski definition) is 2. The molecule has 0 bridgehead atoms. The molecule has 1 aliphatic rings. The topological polar surface area (TPSA) is 49.4 Å². The minimum absolute atomic E-state index is 0.0243. The molecule has 1 atom stereocenters. The van der Waals surface area contributed by atoms with Crippen LogP contribution in [-0.2, 0) is 16.0 Å². The van der Waals surface area contributed by atoms with Gasteiger partial charge in [-0.15, -0.1) is 0 Å². The van der Waals surface area contributed by atoms with Gasteiger partial charge in [0, 0.05) is 18.7 Å². The van der Waals surface area contributed by atoms with E-state index in [-0.39, 0.29) is 24.3 Å². The van der Waals surface area contributed by atoms with Crippen LogP contribution in [0, 0.1) is 0 Å². The lowest BCUT2D eigenvalue weighted by atomic mass is 10.0. The zero-order valence-corrected chi connectivity index (χ0v) is 14.6. The Morgan fingerprint density at radius 3 is 2.60 bits per heavy atom. The monoisotopic (exact) mass is 336 g/mol. The molecule has 3 rings (SSSR count). The van der Waals surface area contributed by atoms with Crippen LogP contribution >= 0.6 is 0 Å². The quantitative estimate of drug-likeness (QED) is 0.911. The number of benzene rings is 2. The Bertz CT molecular complexity index is 743. The molecule has 4 heteroatoms. The SMILES string of the molecule is CC(CNC(=O)CN1C(=O)CCCc2ccccc21)c1ccccc1. The van der Waals surface area contributed by atoms with Gasteiger partial charge in [0.1, 0.15) is 6.54 Å². The number of para-hydroxylation sites is 1. The van der Waals surface area contributed by atoms with Crippen LogP contribution in [0.3, 0.4) is 0 Å². The van der Waals surface area contributed by atoms with Crippen LogP contribution < -0.4 is 10.2 Å². The third-order valence-electron chi connectivity index (χ3n) is 4.70. The van der Waals surface area contributed by atoms with E-state index < -0.39 is 0 Å². The van der Waals surface area contributed by atoms with E-state index in [1.165, 1.54) is 5.56 Å². The number of amides is 2. The van der Waals surface area contributed by atoms with Crippen molar-refractivity contribution in [2.75, 3.05) is 18.0 Å². The molecule has 130 valence electrons. The van der Waals surface area contributed by atoms with Crippen molar-refractivity contribution in [3.8, 4) is 0 Å². The first-order valence-electron chi connectivity index (χ1n) is 8.85. The number of carbonyl (C=O) groups is 2. The van der Waals surface area contributed by atoms with E-state index in [9.17, 15) is 9.59 Å². The zero-order valence-electron chi connectivity index (χ0n) is 14.6. The fourth-order valence-electron chi connectivity index (χ4n) is 3.22. The van der Waals surface area contributed by atoms with Crippen LogP contribution in [-0.4, -0.2) is 24.9 Å². The molecule has 1 heterocycles. The van der Waals surface area contributed by atoms with Crippen LogP contribution in [0.4, 0.5) is 5.69 Å².